The molecule has 0 atom stereocenters. The Morgan fingerprint density at radius 3 is 2.64 bits per heavy atom. The van der Waals surface area contributed by atoms with Gasteiger partial charge in [0.25, 0.3) is 0 Å². The number of rotatable bonds is 4. The predicted octanol–water partition coefficient (Wildman–Crippen LogP) is 3.58. The highest BCUT2D eigenvalue weighted by molar-refractivity contribution is 6.17. The maximum atomic E-state index is 5.66. The summed E-state index contributed by atoms with van der Waals surface area (Å²) in [4.78, 5) is 4.27. The van der Waals surface area contributed by atoms with Gasteiger partial charge in [-0.05, 0) is 17.2 Å². The van der Waals surface area contributed by atoms with Crippen molar-refractivity contribution in [3.8, 4) is 0 Å². The largest absolute Gasteiger partial charge is 0.256 e. The molecule has 0 saturated heterocycles. The van der Waals surface area contributed by atoms with E-state index in [1.807, 2.05) is 18.2 Å². The first-order valence-corrected chi connectivity index (χ1v) is 4.81. The van der Waals surface area contributed by atoms with Crippen LogP contribution in [0.5, 0.6) is 0 Å². The summed E-state index contributed by atoms with van der Waals surface area (Å²) in [6.45, 7) is 7.35. The molecule has 0 saturated carbocycles. The molecule has 1 nitrogen and oxygen atoms in total. The maximum Gasteiger partial charge on any atom is 0.0701 e. The Morgan fingerprint density at radius 1 is 1.43 bits per heavy atom. The minimum Gasteiger partial charge on any atom is -0.256 e. The molecule has 0 aromatic carbocycles. The third kappa shape index (κ3) is 2.57. The van der Waals surface area contributed by atoms with E-state index in [-0.39, 0.29) is 0 Å². The summed E-state index contributed by atoms with van der Waals surface area (Å²) in [5, 5.41) is 0. The first-order valence-electron chi connectivity index (χ1n) is 4.28. The predicted molar refractivity (Wildman–Crippen MR) is 62.2 cm³/mol. The van der Waals surface area contributed by atoms with Crippen LogP contribution < -0.4 is 0 Å². The monoisotopic (exact) mass is 205 g/mol. The third-order valence-electron chi connectivity index (χ3n) is 1.79. The van der Waals surface area contributed by atoms with E-state index in [4.69, 9.17) is 11.6 Å². The van der Waals surface area contributed by atoms with Crippen LogP contribution in [-0.4, -0.2) is 4.98 Å². The van der Waals surface area contributed by atoms with Gasteiger partial charge in [0.2, 0.25) is 0 Å². The van der Waals surface area contributed by atoms with Crippen LogP contribution in [0.1, 0.15) is 11.3 Å². The van der Waals surface area contributed by atoms with Crippen molar-refractivity contribution >= 4 is 17.2 Å². The molecule has 0 aliphatic heterocycles. The van der Waals surface area contributed by atoms with Crippen LogP contribution in [-0.2, 0) is 5.88 Å². The van der Waals surface area contributed by atoms with Crippen molar-refractivity contribution in [2.24, 2.45) is 0 Å². The Labute approximate surface area is 89.4 Å². The fraction of sp³-hybridized carbons (Fsp3) is 0.0833. The normalized spacial score (nSPS) is 11.1. The molecule has 14 heavy (non-hydrogen) atoms. The lowest BCUT2D eigenvalue weighted by molar-refractivity contribution is 1.22. The molecule has 1 aromatic heterocycles. The van der Waals surface area contributed by atoms with Crippen LogP contribution in [0.2, 0.25) is 0 Å². The zero-order valence-electron chi connectivity index (χ0n) is 7.91. The summed E-state index contributed by atoms with van der Waals surface area (Å²) < 4.78 is 0. The quantitative estimate of drug-likeness (QED) is 0.541. The fourth-order valence-corrected chi connectivity index (χ4v) is 1.22. The average Bonchev–Trinajstić information content (AvgIpc) is 2.26. The molecule has 1 heterocycles. The molecule has 0 amide bonds. The van der Waals surface area contributed by atoms with E-state index in [0.717, 1.165) is 16.8 Å². The highest BCUT2D eigenvalue weighted by Gasteiger charge is 1.97. The molecule has 0 N–H and O–H groups in total. The second kappa shape index (κ2) is 5.40. The first-order chi connectivity index (χ1) is 6.81. The standard InChI is InChI=1S/C12H12ClN/c1-3-5-11(4-2)12-7-6-10(8-13)9-14-12/h3-7,9H,1-2,8H2/b11-5+. The number of hydrogen-bond donors (Lipinski definition) is 0. The van der Waals surface area contributed by atoms with Crippen molar-refractivity contribution in [3.63, 3.8) is 0 Å². The van der Waals surface area contributed by atoms with Crippen LogP contribution >= 0.6 is 11.6 Å². The molecule has 0 aliphatic carbocycles. The van der Waals surface area contributed by atoms with Crippen LogP contribution in [0.15, 0.2) is 49.7 Å². The van der Waals surface area contributed by atoms with Gasteiger partial charge in [-0.2, -0.15) is 0 Å². The Kier molecular flexibility index (Phi) is 4.14. The lowest BCUT2D eigenvalue weighted by Gasteiger charge is -2.01. The minimum atomic E-state index is 0.488. The molecular formula is C12H12ClN. The van der Waals surface area contributed by atoms with Crippen molar-refractivity contribution < 1.29 is 0 Å². The molecule has 0 aliphatic rings. The summed E-state index contributed by atoms with van der Waals surface area (Å²) in [5.41, 5.74) is 2.85. The highest BCUT2D eigenvalue weighted by Crippen LogP contribution is 2.13. The molecule has 0 spiro atoms. The molecule has 72 valence electrons. The van der Waals surface area contributed by atoms with Crippen LogP contribution in [0, 0.1) is 0 Å². The zero-order chi connectivity index (χ0) is 10.4. The van der Waals surface area contributed by atoms with Gasteiger partial charge in [0.05, 0.1) is 5.69 Å². The number of nitrogens with zero attached hydrogens (tertiary/aromatic N) is 1. The van der Waals surface area contributed by atoms with Crippen molar-refractivity contribution in [2.45, 2.75) is 5.88 Å². The van der Waals surface area contributed by atoms with Gasteiger partial charge in [-0.3, -0.25) is 4.98 Å². The van der Waals surface area contributed by atoms with Crippen molar-refractivity contribution in [2.75, 3.05) is 0 Å². The second-order valence-corrected chi connectivity index (χ2v) is 3.01. The SMILES string of the molecule is C=C/C=C(\C=C)c1ccc(CCl)cn1. The third-order valence-corrected chi connectivity index (χ3v) is 2.10. The van der Waals surface area contributed by atoms with Crippen LogP contribution in [0.4, 0.5) is 0 Å². The molecular weight excluding hydrogens is 194 g/mol. The van der Waals surface area contributed by atoms with E-state index in [2.05, 4.69) is 18.1 Å². The summed E-state index contributed by atoms with van der Waals surface area (Å²) in [7, 11) is 0. The second-order valence-electron chi connectivity index (χ2n) is 2.75. The fourth-order valence-electron chi connectivity index (χ4n) is 1.06. The topological polar surface area (TPSA) is 12.9 Å². The molecule has 0 fully saturated rings. The van der Waals surface area contributed by atoms with E-state index in [1.165, 1.54) is 0 Å². The van der Waals surface area contributed by atoms with Crippen molar-refractivity contribution in [3.05, 3.63) is 61.0 Å². The van der Waals surface area contributed by atoms with E-state index >= 15 is 0 Å². The van der Waals surface area contributed by atoms with E-state index in [9.17, 15) is 0 Å². The number of hydrogen-bond acceptors (Lipinski definition) is 1. The summed E-state index contributed by atoms with van der Waals surface area (Å²) in [5.74, 6) is 0.488. The lowest BCUT2D eigenvalue weighted by Crippen LogP contribution is -1.88. The molecule has 0 unspecified atom stereocenters. The van der Waals surface area contributed by atoms with Crippen LogP contribution in [0.25, 0.3) is 5.57 Å². The maximum absolute atomic E-state index is 5.66. The Morgan fingerprint density at radius 2 is 2.21 bits per heavy atom. The van der Waals surface area contributed by atoms with Crippen molar-refractivity contribution in [1.29, 1.82) is 0 Å². The van der Waals surface area contributed by atoms with E-state index in [0.29, 0.717) is 5.88 Å². The highest BCUT2D eigenvalue weighted by atomic mass is 35.5. The molecule has 2 heteroatoms. The van der Waals surface area contributed by atoms with Gasteiger partial charge in [-0.15, -0.1) is 11.6 Å². The van der Waals surface area contributed by atoms with Gasteiger partial charge in [0, 0.05) is 12.1 Å². The van der Waals surface area contributed by atoms with Gasteiger partial charge >= 0.3 is 0 Å². The number of allylic oxidation sites excluding steroid dienone is 4. The van der Waals surface area contributed by atoms with E-state index in [1.54, 1.807) is 18.3 Å². The van der Waals surface area contributed by atoms with Gasteiger partial charge in [-0.1, -0.05) is 37.5 Å². The lowest BCUT2D eigenvalue weighted by atomic mass is 10.1. The van der Waals surface area contributed by atoms with Gasteiger partial charge in [0.1, 0.15) is 0 Å². The number of halogens is 1. The number of aromatic nitrogens is 1. The Balaban J connectivity index is 3.00. The molecule has 0 radical (unpaired) electrons. The van der Waals surface area contributed by atoms with Gasteiger partial charge < -0.3 is 0 Å². The minimum absolute atomic E-state index is 0.488. The van der Waals surface area contributed by atoms with Crippen molar-refractivity contribution in [1.82, 2.24) is 4.98 Å². The summed E-state index contributed by atoms with van der Waals surface area (Å²) >= 11 is 5.66. The molecule has 1 rings (SSSR count). The first kappa shape index (κ1) is 10.7. The smallest absolute Gasteiger partial charge is 0.0701 e. The average molecular weight is 206 g/mol. The van der Waals surface area contributed by atoms with Gasteiger partial charge in [-0.25, -0.2) is 0 Å². The summed E-state index contributed by atoms with van der Waals surface area (Å²) in [6, 6.07) is 3.88. The van der Waals surface area contributed by atoms with Crippen LogP contribution in [0.3, 0.4) is 0 Å². The van der Waals surface area contributed by atoms with Gasteiger partial charge in [0.15, 0.2) is 0 Å². The molecule has 1 aromatic rings. The zero-order valence-corrected chi connectivity index (χ0v) is 8.67. The van der Waals surface area contributed by atoms with E-state index < -0.39 is 0 Å². The number of pyridine rings is 1. The molecule has 0 bridgehead atoms. The Hall–Kier alpha value is -1.34. The number of alkyl halides is 1. The summed E-state index contributed by atoms with van der Waals surface area (Å²) in [6.07, 6.45) is 7.11. The Bertz CT molecular complexity index is 349.